The third-order valence-electron chi connectivity index (χ3n) is 6.40. The first-order valence-corrected chi connectivity index (χ1v) is 12.0. The van der Waals surface area contributed by atoms with Gasteiger partial charge in [0.1, 0.15) is 17.7 Å². The smallest absolute Gasteiger partial charge is 0.242 e. The molecule has 2 aromatic heterocycles. The van der Waals surface area contributed by atoms with Crippen LogP contribution in [0, 0.1) is 11.6 Å². The second kappa shape index (κ2) is 9.92. The summed E-state index contributed by atoms with van der Waals surface area (Å²) in [5.74, 6) is -0.204. The Labute approximate surface area is 206 Å². The number of H-pyrrole nitrogens is 1. The van der Waals surface area contributed by atoms with E-state index in [0.717, 1.165) is 24.1 Å². The molecule has 2 fully saturated rings. The first kappa shape index (κ1) is 23.7. The standard InChI is InChI=1S/C25H27F2N7O2/c1-13(14-4-6-17(26)7-5-14)29-23-16(12-28-25(36)19-8-9-22(35)30-19)10-18(27)24(32-23)31-21-11-20(33-34-21)15-2-3-15/h4-7,10-11,13,15,19H,2-3,8-9,12H2,1H3,(H,28,36)(H,30,35)(H3,29,31,32,33,34)/t13-,19+/m0/s1. The minimum atomic E-state index is -0.607. The number of aromatic amines is 1. The van der Waals surface area contributed by atoms with Crippen LogP contribution < -0.4 is 21.3 Å². The number of carbonyl (C=O) groups is 2. The number of aromatic nitrogens is 3. The lowest BCUT2D eigenvalue weighted by Gasteiger charge is -2.20. The van der Waals surface area contributed by atoms with Crippen LogP contribution in [0.25, 0.3) is 0 Å². The van der Waals surface area contributed by atoms with Crippen LogP contribution in [0.2, 0.25) is 0 Å². The first-order chi connectivity index (χ1) is 17.4. The highest BCUT2D eigenvalue weighted by molar-refractivity contribution is 5.90. The Bertz CT molecular complexity index is 1270. The summed E-state index contributed by atoms with van der Waals surface area (Å²) in [6, 6.07) is 8.30. The fourth-order valence-corrected chi connectivity index (χ4v) is 4.16. The molecule has 1 saturated heterocycles. The molecule has 0 radical (unpaired) electrons. The van der Waals surface area contributed by atoms with Gasteiger partial charge in [0.25, 0.3) is 0 Å². The molecule has 2 aliphatic rings. The number of halogens is 2. The Balaban J connectivity index is 1.37. The molecule has 1 aromatic carbocycles. The molecule has 5 rings (SSSR count). The van der Waals surface area contributed by atoms with Crippen LogP contribution in [0.15, 0.2) is 36.4 Å². The topological polar surface area (TPSA) is 124 Å². The molecule has 5 N–H and O–H groups in total. The zero-order chi connectivity index (χ0) is 25.2. The predicted octanol–water partition coefficient (Wildman–Crippen LogP) is 3.77. The van der Waals surface area contributed by atoms with Crippen LogP contribution in [0.1, 0.15) is 61.4 Å². The molecule has 36 heavy (non-hydrogen) atoms. The van der Waals surface area contributed by atoms with E-state index >= 15 is 4.39 Å². The van der Waals surface area contributed by atoms with Crippen molar-refractivity contribution in [2.24, 2.45) is 0 Å². The first-order valence-electron chi connectivity index (χ1n) is 12.0. The third kappa shape index (κ3) is 5.45. The fraction of sp³-hybridized carbons (Fsp3) is 0.360. The highest BCUT2D eigenvalue weighted by Crippen LogP contribution is 2.39. The van der Waals surface area contributed by atoms with Crippen molar-refractivity contribution in [3.8, 4) is 0 Å². The number of carbonyl (C=O) groups excluding carboxylic acids is 2. The normalized spacial score (nSPS) is 18.0. The summed E-state index contributed by atoms with van der Waals surface area (Å²) in [7, 11) is 0. The third-order valence-corrected chi connectivity index (χ3v) is 6.40. The average molecular weight is 496 g/mol. The zero-order valence-electron chi connectivity index (χ0n) is 19.7. The van der Waals surface area contributed by atoms with Gasteiger partial charge in [-0.15, -0.1) is 0 Å². The molecule has 3 heterocycles. The van der Waals surface area contributed by atoms with Gasteiger partial charge in [-0.1, -0.05) is 12.1 Å². The van der Waals surface area contributed by atoms with E-state index in [9.17, 15) is 14.0 Å². The summed E-state index contributed by atoms with van der Waals surface area (Å²) >= 11 is 0. The van der Waals surface area contributed by atoms with Crippen LogP contribution >= 0.6 is 0 Å². The van der Waals surface area contributed by atoms with Crippen LogP contribution in [-0.4, -0.2) is 33.0 Å². The molecule has 188 valence electrons. The molecule has 1 saturated carbocycles. The number of anilines is 3. The van der Waals surface area contributed by atoms with Crippen LogP contribution in [0.5, 0.6) is 0 Å². The molecule has 2 amide bonds. The molecule has 2 atom stereocenters. The van der Waals surface area contributed by atoms with Gasteiger partial charge >= 0.3 is 0 Å². The second-order valence-corrected chi connectivity index (χ2v) is 9.23. The van der Waals surface area contributed by atoms with Gasteiger partial charge in [-0.25, -0.2) is 13.8 Å². The van der Waals surface area contributed by atoms with Crippen molar-refractivity contribution in [3.63, 3.8) is 0 Å². The molecule has 11 heteroatoms. The number of hydrogen-bond acceptors (Lipinski definition) is 6. The van der Waals surface area contributed by atoms with Crippen molar-refractivity contribution in [2.45, 2.75) is 57.2 Å². The predicted molar refractivity (Wildman–Crippen MR) is 129 cm³/mol. The number of hydrogen-bond donors (Lipinski definition) is 5. The minimum absolute atomic E-state index is 0.00209. The summed E-state index contributed by atoms with van der Waals surface area (Å²) in [6.07, 6.45) is 2.93. The van der Waals surface area contributed by atoms with E-state index in [-0.39, 0.29) is 36.0 Å². The molecular formula is C25H27F2N7O2. The van der Waals surface area contributed by atoms with Gasteiger partial charge in [0.15, 0.2) is 17.5 Å². The molecule has 0 unspecified atom stereocenters. The van der Waals surface area contributed by atoms with Crippen molar-refractivity contribution in [1.29, 1.82) is 0 Å². The summed E-state index contributed by atoms with van der Waals surface area (Å²) in [5, 5.41) is 18.7. The van der Waals surface area contributed by atoms with E-state index in [1.54, 1.807) is 12.1 Å². The van der Waals surface area contributed by atoms with E-state index in [1.807, 2.05) is 13.0 Å². The number of rotatable bonds is 9. The lowest BCUT2D eigenvalue weighted by atomic mass is 10.1. The highest BCUT2D eigenvalue weighted by atomic mass is 19.1. The van der Waals surface area contributed by atoms with Gasteiger partial charge in [0.2, 0.25) is 11.8 Å². The average Bonchev–Trinajstić information content (AvgIpc) is 3.45. The largest absolute Gasteiger partial charge is 0.363 e. The maximum absolute atomic E-state index is 15.1. The molecular weight excluding hydrogens is 468 g/mol. The second-order valence-electron chi connectivity index (χ2n) is 9.23. The van der Waals surface area contributed by atoms with E-state index in [1.165, 1.54) is 18.2 Å². The molecule has 1 aliphatic heterocycles. The SMILES string of the molecule is C[C@H](Nc1nc(Nc2cc(C3CC3)[nH]n2)c(F)cc1CNC(=O)[C@H]1CCC(=O)N1)c1ccc(F)cc1. The van der Waals surface area contributed by atoms with Gasteiger partial charge < -0.3 is 21.3 Å². The van der Waals surface area contributed by atoms with E-state index < -0.39 is 11.9 Å². The maximum atomic E-state index is 15.1. The van der Waals surface area contributed by atoms with Crippen LogP contribution in [-0.2, 0) is 16.1 Å². The molecule has 1 aliphatic carbocycles. The number of amides is 2. The lowest BCUT2D eigenvalue weighted by molar-refractivity contribution is -0.125. The summed E-state index contributed by atoms with van der Waals surface area (Å²) in [6.45, 7) is 1.87. The molecule has 9 nitrogen and oxygen atoms in total. The van der Waals surface area contributed by atoms with Crippen LogP contribution in [0.4, 0.5) is 26.2 Å². The van der Waals surface area contributed by atoms with E-state index in [2.05, 4.69) is 36.4 Å². The molecule has 3 aromatic rings. The van der Waals surface area contributed by atoms with Gasteiger partial charge in [-0.3, -0.25) is 14.7 Å². The van der Waals surface area contributed by atoms with Gasteiger partial charge in [-0.05, 0) is 49.9 Å². The van der Waals surface area contributed by atoms with Gasteiger partial charge in [-0.2, -0.15) is 5.10 Å². The number of pyridine rings is 1. The lowest BCUT2D eigenvalue weighted by Crippen LogP contribution is -2.41. The number of benzene rings is 1. The number of nitrogens with zero attached hydrogens (tertiary/aromatic N) is 2. The Morgan fingerprint density at radius 2 is 1.92 bits per heavy atom. The van der Waals surface area contributed by atoms with Crippen molar-refractivity contribution in [1.82, 2.24) is 25.8 Å². The zero-order valence-corrected chi connectivity index (χ0v) is 19.7. The van der Waals surface area contributed by atoms with Gasteiger partial charge in [0.05, 0.1) is 0 Å². The van der Waals surface area contributed by atoms with Crippen molar-refractivity contribution in [3.05, 3.63) is 64.9 Å². The fourth-order valence-electron chi connectivity index (χ4n) is 4.16. The van der Waals surface area contributed by atoms with E-state index in [0.29, 0.717) is 36.0 Å². The van der Waals surface area contributed by atoms with Crippen molar-refractivity contribution in [2.75, 3.05) is 10.6 Å². The van der Waals surface area contributed by atoms with Crippen molar-refractivity contribution >= 4 is 29.3 Å². The van der Waals surface area contributed by atoms with Crippen LogP contribution in [0.3, 0.4) is 0 Å². The summed E-state index contributed by atoms with van der Waals surface area (Å²) in [4.78, 5) is 28.4. The highest BCUT2D eigenvalue weighted by Gasteiger charge is 2.28. The monoisotopic (exact) mass is 495 g/mol. The van der Waals surface area contributed by atoms with Gasteiger partial charge in [0, 0.05) is 42.2 Å². The molecule has 0 bridgehead atoms. The van der Waals surface area contributed by atoms with E-state index in [4.69, 9.17) is 0 Å². The maximum Gasteiger partial charge on any atom is 0.242 e. The number of nitrogens with one attached hydrogen (secondary N) is 5. The van der Waals surface area contributed by atoms with Crippen molar-refractivity contribution < 1.29 is 18.4 Å². The Morgan fingerprint density at radius 1 is 1.14 bits per heavy atom. The quantitative estimate of drug-likeness (QED) is 0.308. The molecule has 0 spiro atoms. The summed E-state index contributed by atoms with van der Waals surface area (Å²) < 4.78 is 28.4. The summed E-state index contributed by atoms with van der Waals surface area (Å²) in [5.41, 5.74) is 2.23. The Hall–Kier alpha value is -4.02. The Morgan fingerprint density at radius 3 is 2.61 bits per heavy atom. The minimum Gasteiger partial charge on any atom is -0.363 e. The Kier molecular flexibility index (Phi) is 6.53.